The lowest BCUT2D eigenvalue weighted by Gasteiger charge is -2.25. The van der Waals surface area contributed by atoms with Crippen molar-refractivity contribution in [3.05, 3.63) is 104 Å². The van der Waals surface area contributed by atoms with Crippen LogP contribution in [0.5, 0.6) is 0 Å². The van der Waals surface area contributed by atoms with Gasteiger partial charge in [-0.3, -0.25) is 0 Å². The summed E-state index contributed by atoms with van der Waals surface area (Å²) in [6.07, 6.45) is 13.5. The molecule has 0 aliphatic heterocycles. The van der Waals surface area contributed by atoms with Crippen LogP contribution in [0.2, 0.25) is 5.02 Å². The van der Waals surface area contributed by atoms with Gasteiger partial charge in [0.1, 0.15) is 11.4 Å². The Bertz CT molecular complexity index is 1710. The Morgan fingerprint density at radius 2 is 1.46 bits per heavy atom. The van der Waals surface area contributed by atoms with Gasteiger partial charge in [0.25, 0.3) is 0 Å². The van der Waals surface area contributed by atoms with Gasteiger partial charge in [-0.2, -0.15) is 0 Å². The molecular formula is C54H86ClFO3. The molecule has 334 valence electrons. The number of halogens is 2. The molecule has 0 spiro atoms. The zero-order valence-corrected chi connectivity index (χ0v) is 41.8. The van der Waals surface area contributed by atoms with Gasteiger partial charge in [0.15, 0.2) is 0 Å². The SMILES string of the molecule is C/C=C(C)\C(=C(\C)C(C)C)c1c(Cl)ccc(/C(CCCC)=C(\CC)C(=O)OC(C)(C)C)c1C.CC.CCCC.CCCCCCOC.Cc1cccc2cc(F)ccc12. The Morgan fingerprint density at radius 1 is 0.847 bits per heavy atom. The quantitative estimate of drug-likeness (QED) is 0.0662. The van der Waals surface area contributed by atoms with Crippen molar-refractivity contribution in [3.63, 3.8) is 0 Å². The van der Waals surface area contributed by atoms with Crippen LogP contribution in [0.3, 0.4) is 0 Å². The Balaban J connectivity index is 0. The molecule has 3 aromatic carbocycles. The zero-order valence-electron chi connectivity index (χ0n) is 41.0. The Labute approximate surface area is 368 Å². The molecule has 0 amide bonds. The van der Waals surface area contributed by atoms with Crippen LogP contribution in [0.1, 0.15) is 190 Å². The van der Waals surface area contributed by atoms with Crippen LogP contribution in [0, 0.1) is 25.6 Å². The van der Waals surface area contributed by atoms with Gasteiger partial charge in [0.2, 0.25) is 0 Å². The van der Waals surface area contributed by atoms with E-state index < -0.39 is 5.60 Å². The number of esters is 1. The maximum Gasteiger partial charge on any atom is 0.334 e. The smallest absolute Gasteiger partial charge is 0.334 e. The van der Waals surface area contributed by atoms with E-state index in [0.29, 0.717) is 12.3 Å². The van der Waals surface area contributed by atoms with Crippen molar-refractivity contribution in [2.75, 3.05) is 13.7 Å². The lowest BCUT2D eigenvalue weighted by Crippen LogP contribution is -2.25. The van der Waals surface area contributed by atoms with Crippen LogP contribution in [0.25, 0.3) is 21.9 Å². The first-order valence-corrected chi connectivity index (χ1v) is 23.0. The van der Waals surface area contributed by atoms with Crippen molar-refractivity contribution in [3.8, 4) is 0 Å². The van der Waals surface area contributed by atoms with E-state index in [1.165, 1.54) is 66.9 Å². The number of methoxy groups -OCH3 is 1. The summed E-state index contributed by atoms with van der Waals surface area (Å²) in [4.78, 5) is 13.2. The fourth-order valence-electron chi connectivity index (χ4n) is 6.16. The average molecular weight is 838 g/mol. The molecule has 3 nitrogen and oxygen atoms in total. The van der Waals surface area contributed by atoms with Crippen LogP contribution in [0.15, 0.2) is 71.3 Å². The van der Waals surface area contributed by atoms with Gasteiger partial charge in [0, 0.05) is 29.9 Å². The highest BCUT2D eigenvalue weighted by molar-refractivity contribution is 6.33. The fourth-order valence-corrected chi connectivity index (χ4v) is 6.46. The van der Waals surface area contributed by atoms with E-state index in [9.17, 15) is 9.18 Å². The molecule has 0 aliphatic rings. The van der Waals surface area contributed by atoms with Crippen molar-refractivity contribution >= 4 is 39.5 Å². The number of carbonyl (C=O) groups excluding carboxylic acids is 1. The summed E-state index contributed by atoms with van der Waals surface area (Å²) in [7, 11) is 1.76. The zero-order chi connectivity index (χ0) is 45.7. The predicted molar refractivity (Wildman–Crippen MR) is 262 cm³/mol. The van der Waals surface area contributed by atoms with Crippen molar-refractivity contribution < 1.29 is 18.7 Å². The summed E-state index contributed by atoms with van der Waals surface area (Å²) in [6.45, 7) is 36.5. The maximum absolute atomic E-state index is 13.2. The van der Waals surface area contributed by atoms with Gasteiger partial charge >= 0.3 is 5.97 Å². The summed E-state index contributed by atoms with van der Waals surface area (Å²) in [5.41, 5.74) is 9.55. The standard InChI is InChI=1S/C30H45ClO2.C11H9F.C7H16O.C4H10.C2H6/c1-12-15-16-25(23(14-3)29(32)33-30(9,10)11)24-17-18-26(31)28(22(24)8)27(20(6)13-2)21(7)19(4)5;1-8-3-2-4-9-7-10(12)5-6-11(8)9;1-3-4-5-6-7-8-2;1-3-4-2;1-2/h13,17-19H,12,14-16H2,1-11H3;2-7H,1H3;3-7H2,1-2H3;3-4H2,1-2H3;1-2H3/b20-13-,25-23+,27-21+;;;;. The number of benzene rings is 3. The molecule has 0 saturated heterocycles. The molecule has 0 N–H and O–H groups in total. The van der Waals surface area contributed by atoms with Crippen LogP contribution in [-0.2, 0) is 14.3 Å². The highest BCUT2D eigenvalue weighted by Gasteiger charge is 2.25. The number of ether oxygens (including phenoxy) is 2. The van der Waals surface area contributed by atoms with Crippen LogP contribution in [0.4, 0.5) is 4.39 Å². The first-order valence-electron chi connectivity index (χ1n) is 22.6. The van der Waals surface area contributed by atoms with E-state index >= 15 is 0 Å². The van der Waals surface area contributed by atoms with Gasteiger partial charge in [-0.15, -0.1) is 0 Å². The van der Waals surface area contributed by atoms with E-state index in [1.807, 2.05) is 78.8 Å². The fraction of sp³-hybridized carbons (Fsp3) is 0.574. The molecule has 3 aromatic rings. The lowest BCUT2D eigenvalue weighted by molar-refractivity contribution is -0.149. The Hall–Kier alpha value is -3.21. The molecule has 0 saturated carbocycles. The minimum atomic E-state index is -0.527. The normalized spacial score (nSPS) is 12.1. The lowest BCUT2D eigenvalue weighted by atomic mass is 9.83. The van der Waals surface area contributed by atoms with Crippen LogP contribution in [-0.4, -0.2) is 25.3 Å². The number of unbranched alkanes of at least 4 members (excludes halogenated alkanes) is 5. The largest absolute Gasteiger partial charge is 0.457 e. The topological polar surface area (TPSA) is 35.5 Å². The molecular weight excluding hydrogens is 751 g/mol. The molecule has 5 heteroatoms. The van der Waals surface area contributed by atoms with Gasteiger partial charge in [0.05, 0.1) is 0 Å². The predicted octanol–water partition coefficient (Wildman–Crippen LogP) is 18.1. The number of aryl methyl sites for hydroxylation is 1. The minimum Gasteiger partial charge on any atom is -0.457 e. The summed E-state index contributed by atoms with van der Waals surface area (Å²) >= 11 is 6.85. The highest BCUT2D eigenvalue weighted by atomic mass is 35.5. The summed E-state index contributed by atoms with van der Waals surface area (Å²) in [6, 6.07) is 14.8. The first kappa shape index (κ1) is 57.9. The number of carbonyl (C=O) groups is 1. The van der Waals surface area contributed by atoms with Crippen LogP contribution < -0.4 is 0 Å². The monoisotopic (exact) mass is 837 g/mol. The van der Waals surface area contributed by atoms with E-state index in [4.69, 9.17) is 21.1 Å². The van der Waals surface area contributed by atoms with E-state index in [2.05, 4.69) is 81.4 Å². The Kier molecular flexibility index (Phi) is 31.9. The Morgan fingerprint density at radius 3 is 1.95 bits per heavy atom. The number of fused-ring (bicyclic) bond motifs is 1. The summed E-state index contributed by atoms with van der Waals surface area (Å²) in [5, 5.41) is 2.84. The molecule has 0 aromatic heterocycles. The number of allylic oxidation sites excluding steroid dienone is 5. The maximum atomic E-state index is 13.2. The second-order valence-electron chi connectivity index (χ2n) is 16.2. The average Bonchev–Trinajstić information content (AvgIpc) is 3.20. The molecule has 0 atom stereocenters. The third kappa shape index (κ3) is 21.7. The third-order valence-electron chi connectivity index (χ3n) is 9.98. The summed E-state index contributed by atoms with van der Waals surface area (Å²) < 4.78 is 23.5. The molecule has 0 heterocycles. The van der Waals surface area contributed by atoms with E-state index in [0.717, 1.165) is 69.5 Å². The van der Waals surface area contributed by atoms with Crippen LogP contribution >= 0.6 is 11.6 Å². The minimum absolute atomic E-state index is 0.173. The first-order chi connectivity index (χ1) is 27.9. The van der Waals surface area contributed by atoms with Crippen molar-refractivity contribution in [2.45, 2.75) is 188 Å². The van der Waals surface area contributed by atoms with Gasteiger partial charge < -0.3 is 9.47 Å². The van der Waals surface area contributed by atoms with Gasteiger partial charge in [-0.25, -0.2) is 9.18 Å². The molecule has 0 fully saturated rings. The van der Waals surface area contributed by atoms with Gasteiger partial charge in [-0.1, -0.05) is 154 Å². The van der Waals surface area contributed by atoms with Crippen molar-refractivity contribution in [1.82, 2.24) is 0 Å². The molecule has 0 bridgehead atoms. The molecule has 0 unspecified atom stereocenters. The summed E-state index contributed by atoms with van der Waals surface area (Å²) in [5.74, 6) is 0.0101. The molecule has 0 radical (unpaired) electrons. The second kappa shape index (κ2) is 32.5. The number of hydrogen-bond donors (Lipinski definition) is 0. The highest BCUT2D eigenvalue weighted by Crippen LogP contribution is 2.41. The number of rotatable bonds is 15. The molecule has 59 heavy (non-hydrogen) atoms. The van der Waals surface area contributed by atoms with Gasteiger partial charge in [-0.05, 0) is 149 Å². The van der Waals surface area contributed by atoms with Crippen molar-refractivity contribution in [2.24, 2.45) is 5.92 Å². The molecule has 0 aliphatic carbocycles. The molecule has 3 rings (SSSR count). The third-order valence-corrected chi connectivity index (χ3v) is 10.3. The van der Waals surface area contributed by atoms with E-state index in [-0.39, 0.29) is 11.8 Å². The van der Waals surface area contributed by atoms with E-state index in [1.54, 1.807) is 13.2 Å². The number of hydrogen-bond acceptors (Lipinski definition) is 3. The second-order valence-corrected chi connectivity index (χ2v) is 16.6. The van der Waals surface area contributed by atoms with Crippen molar-refractivity contribution in [1.29, 1.82) is 0 Å².